The van der Waals surface area contributed by atoms with Gasteiger partial charge in [-0.3, -0.25) is 9.69 Å². The number of rotatable bonds is 7. The van der Waals surface area contributed by atoms with Crippen molar-refractivity contribution in [2.75, 3.05) is 53.0 Å². The molecule has 0 bridgehead atoms. The molecule has 7 nitrogen and oxygen atoms in total. The number of benzene rings is 1. The summed E-state index contributed by atoms with van der Waals surface area (Å²) in [5, 5.41) is 22.1. The summed E-state index contributed by atoms with van der Waals surface area (Å²) in [6.45, 7) is 1.00. The van der Waals surface area contributed by atoms with E-state index in [1.54, 1.807) is 0 Å². The zero-order valence-corrected chi connectivity index (χ0v) is 17.3. The molecule has 2 N–H and O–H groups in total. The fraction of sp³-hybridized carbons (Fsp3) is 0.667. The number of halogens is 2. The highest BCUT2D eigenvalue weighted by Crippen LogP contribution is 2.31. The summed E-state index contributed by atoms with van der Waals surface area (Å²) >= 11 is 0. The number of methoxy groups -OCH3 is 1. The molecule has 1 aromatic carbocycles. The Balaban J connectivity index is 1.74. The highest BCUT2D eigenvalue weighted by molar-refractivity contribution is 5.77. The lowest BCUT2D eigenvalue weighted by molar-refractivity contribution is -0.138. The quantitative estimate of drug-likeness (QED) is 0.679. The lowest BCUT2D eigenvalue weighted by Gasteiger charge is -2.35. The van der Waals surface area contributed by atoms with E-state index in [9.17, 15) is 23.8 Å². The van der Waals surface area contributed by atoms with Gasteiger partial charge < -0.3 is 24.6 Å². The number of aliphatic hydroxyl groups is 2. The van der Waals surface area contributed by atoms with Gasteiger partial charge >= 0.3 is 0 Å². The molecule has 1 saturated carbocycles. The van der Waals surface area contributed by atoms with E-state index in [2.05, 4.69) is 0 Å². The predicted molar refractivity (Wildman–Crippen MR) is 105 cm³/mol. The van der Waals surface area contributed by atoms with E-state index >= 15 is 0 Å². The standard InChI is InChI=1S/C21H30F2N2O5/c1-29-11-19(26)25-7-6-24(12-20(27)4-2-3-5-20)13-21(28,14-25)15-30-18-9-16(22)8-17(23)10-18/h8-10,27-28H,2-7,11-15H2,1H3/t21-/m0/s1. The number of amides is 1. The Bertz CT molecular complexity index is 724. The Labute approximate surface area is 175 Å². The van der Waals surface area contributed by atoms with Crippen molar-refractivity contribution in [1.82, 2.24) is 9.80 Å². The summed E-state index contributed by atoms with van der Waals surface area (Å²) < 4.78 is 37.3. The second-order valence-corrected chi connectivity index (χ2v) is 8.51. The van der Waals surface area contributed by atoms with E-state index in [-0.39, 0.29) is 38.0 Å². The Morgan fingerprint density at radius 2 is 1.73 bits per heavy atom. The average molecular weight is 428 g/mol. The van der Waals surface area contributed by atoms with Crippen LogP contribution >= 0.6 is 0 Å². The van der Waals surface area contributed by atoms with Gasteiger partial charge in [-0.15, -0.1) is 0 Å². The molecule has 0 unspecified atom stereocenters. The summed E-state index contributed by atoms with van der Waals surface area (Å²) in [5.41, 5.74) is -2.29. The van der Waals surface area contributed by atoms with Crippen molar-refractivity contribution in [3.05, 3.63) is 29.8 Å². The molecular weight excluding hydrogens is 398 g/mol. The maximum Gasteiger partial charge on any atom is 0.248 e. The highest BCUT2D eigenvalue weighted by atomic mass is 19.1. The van der Waals surface area contributed by atoms with Gasteiger partial charge in [-0.2, -0.15) is 0 Å². The normalized spacial score (nSPS) is 24.6. The molecule has 30 heavy (non-hydrogen) atoms. The van der Waals surface area contributed by atoms with Gasteiger partial charge in [0, 0.05) is 51.5 Å². The number of β-amino-alcohol motifs (C(OH)–C–C–N with tert-alkyl or cyclic N) is 2. The fourth-order valence-corrected chi connectivity index (χ4v) is 4.33. The van der Waals surface area contributed by atoms with Gasteiger partial charge in [0.1, 0.15) is 36.2 Å². The maximum atomic E-state index is 13.5. The van der Waals surface area contributed by atoms with Crippen molar-refractivity contribution in [2.24, 2.45) is 0 Å². The Morgan fingerprint density at radius 3 is 2.37 bits per heavy atom. The van der Waals surface area contributed by atoms with Gasteiger partial charge in [0.05, 0.1) is 12.1 Å². The molecule has 168 valence electrons. The summed E-state index contributed by atoms with van der Waals surface area (Å²) in [7, 11) is 1.42. The lowest BCUT2D eigenvalue weighted by Crippen LogP contribution is -2.54. The minimum atomic E-state index is -1.49. The summed E-state index contributed by atoms with van der Waals surface area (Å²) in [4.78, 5) is 15.8. The van der Waals surface area contributed by atoms with Crippen molar-refractivity contribution in [2.45, 2.75) is 36.9 Å². The van der Waals surface area contributed by atoms with Crippen LogP contribution in [-0.4, -0.2) is 90.2 Å². The van der Waals surface area contributed by atoms with Crippen LogP contribution in [0.3, 0.4) is 0 Å². The maximum absolute atomic E-state index is 13.5. The first-order valence-electron chi connectivity index (χ1n) is 10.2. The SMILES string of the molecule is COCC(=O)N1CCN(CC2(O)CCCC2)C[C@@](O)(COc2cc(F)cc(F)c2)C1. The number of carbonyl (C=O) groups excluding carboxylic acids is 1. The van der Waals surface area contributed by atoms with Gasteiger partial charge in [-0.25, -0.2) is 8.78 Å². The highest BCUT2D eigenvalue weighted by Gasteiger charge is 2.41. The van der Waals surface area contributed by atoms with Crippen LogP contribution in [0.15, 0.2) is 18.2 Å². The summed E-state index contributed by atoms with van der Waals surface area (Å²) in [6, 6.07) is 2.81. The first kappa shape index (κ1) is 22.9. The monoisotopic (exact) mass is 428 g/mol. The lowest BCUT2D eigenvalue weighted by atomic mass is 9.99. The van der Waals surface area contributed by atoms with Gasteiger partial charge in [0.15, 0.2) is 0 Å². The molecule has 1 aliphatic heterocycles. The molecule has 1 saturated heterocycles. The molecule has 0 radical (unpaired) electrons. The van der Waals surface area contributed by atoms with Crippen molar-refractivity contribution in [3.63, 3.8) is 0 Å². The molecule has 1 heterocycles. The molecular formula is C21H30F2N2O5. The van der Waals surface area contributed by atoms with Gasteiger partial charge in [0.25, 0.3) is 0 Å². The van der Waals surface area contributed by atoms with E-state index in [1.165, 1.54) is 12.0 Å². The minimum absolute atomic E-state index is 0.0120. The summed E-state index contributed by atoms with van der Waals surface area (Å²) in [5.74, 6) is -1.87. The van der Waals surface area contributed by atoms with E-state index < -0.39 is 22.8 Å². The van der Waals surface area contributed by atoms with Crippen molar-refractivity contribution >= 4 is 5.91 Å². The molecule has 1 atom stereocenters. The minimum Gasteiger partial charge on any atom is -0.490 e. The van der Waals surface area contributed by atoms with E-state index in [0.717, 1.165) is 31.0 Å². The number of hydrogen-bond donors (Lipinski definition) is 2. The van der Waals surface area contributed by atoms with Crippen molar-refractivity contribution in [3.8, 4) is 5.75 Å². The molecule has 2 aliphatic rings. The number of nitrogens with zero attached hydrogens (tertiary/aromatic N) is 2. The zero-order chi connectivity index (χ0) is 21.8. The van der Waals surface area contributed by atoms with Gasteiger partial charge in [0.2, 0.25) is 5.91 Å². The Kier molecular flexibility index (Phi) is 7.28. The summed E-state index contributed by atoms with van der Waals surface area (Å²) in [6.07, 6.45) is 3.32. The Morgan fingerprint density at radius 1 is 1.07 bits per heavy atom. The van der Waals surface area contributed by atoms with Crippen molar-refractivity contribution < 1.29 is 33.3 Å². The topological polar surface area (TPSA) is 82.5 Å². The van der Waals surface area contributed by atoms with Gasteiger partial charge in [-0.1, -0.05) is 12.8 Å². The van der Waals surface area contributed by atoms with Gasteiger partial charge in [-0.05, 0) is 12.8 Å². The molecule has 0 aromatic heterocycles. The molecule has 2 fully saturated rings. The molecule has 9 heteroatoms. The predicted octanol–water partition coefficient (Wildman–Crippen LogP) is 1.17. The second-order valence-electron chi connectivity index (χ2n) is 8.51. The van der Waals surface area contributed by atoms with Crippen LogP contribution in [0.5, 0.6) is 5.75 Å². The van der Waals surface area contributed by atoms with Crippen LogP contribution in [0.4, 0.5) is 8.78 Å². The van der Waals surface area contributed by atoms with E-state index in [4.69, 9.17) is 9.47 Å². The molecule has 1 aliphatic carbocycles. The second kappa shape index (κ2) is 9.55. The Hall–Kier alpha value is -1.81. The number of hydrogen-bond acceptors (Lipinski definition) is 6. The first-order valence-corrected chi connectivity index (χ1v) is 10.2. The number of ether oxygens (including phenoxy) is 2. The van der Waals surface area contributed by atoms with Crippen LogP contribution in [0.2, 0.25) is 0 Å². The largest absolute Gasteiger partial charge is 0.490 e. The van der Waals surface area contributed by atoms with Crippen LogP contribution < -0.4 is 4.74 Å². The molecule has 1 amide bonds. The smallest absolute Gasteiger partial charge is 0.248 e. The molecule has 1 aromatic rings. The average Bonchev–Trinajstić information content (AvgIpc) is 3.01. The van der Waals surface area contributed by atoms with E-state index in [1.807, 2.05) is 4.90 Å². The molecule has 0 spiro atoms. The molecule has 3 rings (SSSR count). The number of carbonyl (C=O) groups is 1. The van der Waals surface area contributed by atoms with Crippen LogP contribution in [0.25, 0.3) is 0 Å². The van der Waals surface area contributed by atoms with Crippen LogP contribution in [0, 0.1) is 11.6 Å². The fourth-order valence-electron chi connectivity index (χ4n) is 4.33. The zero-order valence-electron chi connectivity index (χ0n) is 17.3. The van der Waals surface area contributed by atoms with Crippen LogP contribution in [-0.2, 0) is 9.53 Å². The third kappa shape index (κ3) is 6.10. The van der Waals surface area contributed by atoms with Crippen LogP contribution in [0.1, 0.15) is 25.7 Å². The van der Waals surface area contributed by atoms with E-state index in [0.29, 0.717) is 32.5 Å². The van der Waals surface area contributed by atoms with Crippen molar-refractivity contribution in [1.29, 1.82) is 0 Å². The first-order chi connectivity index (χ1) is 14.2. The third-order valence-corrected chi connectivity index (χ3v) is 5.71. The third-order valence-electron chi connectivity index (χ3n) is 5.71.